The van der Waals surface area contributed by atoms with Crippen LogP contribution in [0.1, 0.15) is 16.2 Å². The summed E-state index contributed by atoms with van der Waals surface area (Å²) in [5, 5.41) is 5.98. The van der Waals surface area contributed by atoms with E-state index >= 15 is 0 Å². The van der Waals surface area contributed by atoms with Crippen LogP contribution in [-0.2, 0) is 0 Å². The van der Waals surface area contributed by atoms with Gasteiger partial charge in [-0.25, -0.2) is 19.3 Å². The zero-order chi connectivity index (χ0) is 20.2. The molecule has 0 unspecified atom stereocenters. The summed E-state index contributed by atoms with van der Waals surface area (Å²) in [5.74, 6) is 1.48. The molecule has 2 heterocycles. The molecule has 0 atom stereocenters. The Hall–Kier alpha value is -4.07. The average Bonchev–Trinajstić information content (AvgIpc) is 3.16. The molecule has 0 bridgehead atoms. The Morgan fingerprint density at radius 1 is 0.966 bits per heavy atom. The van der Waals surface area contributed by atoms with Crippen LogP contribution in [0.2, 0.25) is 0 Å². The maximum atomic E-state index is 13.0. The van der Waals surface area contributed by atoms with Crippen LogP contribution >= 0.6 is 0 Å². The fourth-order valence-corrected chi connectivity index (χ4v) is 2.76. The number of hydrogen-bond acceptors (Lipinski definition) is 5. The first-order chi connectivity index (χ1) is 14.1. The average molecular weight is 388 g/mol. The molecule has 1 amide bonds. The lowest BCUT2D eigenvalue weighted by Gasteiger charge is -2.10. The highest BCUT2D eigenvalue weighted by Gasteiger charge is 2.07. The van der Waals surface area contributed by atoms with Gasteiger partial charge < -0.3 is 10.6 Å². The number of benzene rings is 2. The van der Waals surface area contributed by atoms with E-state index in [0.717, 1.165) is 11.5 Å². The maximum Gasteiger partial charge on any atom is 0.255 e. The van der Waals surface area contributed by atoms with Crippen LogP contribution in [0.3, 0.4) is 0 Å². The van der Waals surface area contributed by atoms with Crippen molar-refractivity contribution < 1.29 is 9.18 Å². The smallest absolute Gasteiger partial charge is 0.255 e. The van der Waals surface area contributed by atoms with Crippen LogP contribution in [-0.4, -0.2) is 25.4 Å². The molecule has 0 aliphatic carbocycles. The van der Waals surface area contributed by atoms with Gasteiger partial charge in [0.1, 0.15) is 29.6 Å². The Labute approximate surface area is 166 Å². The molecule has 0 radical (unpaired) electrons. The van der Waals surface area contributed by atoms with E-state index in [9.17, 15) is 9.18 Å². The summed E-state index contributed by atoms with van der Waals surface area (Å²) in [6.07, 6.45) is 5.03. The lowest BCUT2D eigenvalue weighted by molar-refractivity contribution is 0.102. The molecule has 29 heavy (non-hydrogen) atoms. The van der Waals surface area contributed by atoms with Crippen molar-refractivity contribution in [3.8, 4) is 5.82 Å². The number of nitrogens with zero attached hydrogens (tertiary/aromatic N) is 4. The molecule has 144 valence electrons. The third-order valence-electron chi connectivity index (χ3n) is 4.25. The van der Waals surface area contributed by atoms with Crippen LogP contribution in [0.5, 0.6) is 0 Å². The van der Waals surface area contributed by atoms with Crippen molar-refractivity contribution in [2.24, 2.45) is 0 Å². The number of nitrogens with one attached hydrogen (secondary N) is 2. The van der Waals surface area contributed by atoms with Gasteiger partial charge in [0.15, 0.2) is 0 Å². The first-order valence-electron chi connectivity index (χ1n) is 8.85. The molecule has 8 heteroatoms. The number of rotatable bonds is 5. The first kappa shape index (κ1) is 18.3. The van der Waals surface area contributed by atoms with E-state index in [1.807, 2.05) is 35.9 Å². The summed E-state index contributed by atoms with van der Waals surface area (Å²) in [5.41, 5.74) is 1.82. The summed E-state index contributed by atoms with van der Waals surface area (Å²) >= 11 is 0. The number of carbonyl (C=O) groups excluding carboxylic acids is 1. The summed E-state index contributed by atoms with van der Waals surface area (Å²) < 4.78 is 14.8. The fourth-order valence-electron chi connectivity index (χ4n) is 2.76. The highest BCUT2D eigenvalue weighted by Crippen LogP contribution is 2.19. The number of aromatic nitrogens is 4. The highest BCUT2D eigenvalue weighted by atomic mass is 19.1. The van der Waals surface area contributed by atoms with Gasteiger partial charge in [-0.15, -0.1) is 0 Å². The van der Waals surface area contributed by atoms with E-state index in [0.29, 0.717) is 22.9 Å². The third kappa shape index (κ3) is 4.27. The summed E-state index contributed by atoms with van der Waals surface area (Å²) in [7, 11) is 0. The van der Waals surface area contributed by atoms with Gasteiger partial charge in [-0.3, -0.25) is 9.36 Å². The second-order valence-electron chi connectivity index (χ2n) is 6.27. The molecule has 2 aromatic carbocycles. The Morgan fingerprint density at radius 2 is 1.69 bits per heavy atom. The molecule has 0 aliphatic rings. The Balaban J connectivity index is 1.44. The van der Waals surface area contributed by atoms with Gasteiger partial charge in [-0.2, -0.15) is 0 Å². The van der Waals surface area contributed by atoms with E-state index in [1.54, 1.807) is 18.3 Å². The zero-order valence-electron chi connectivity index (χ0n) is 15.5. The van der Waals surface area contributed by atoms with Crippen LogP contribution in [0, 0.1) is 12.7 Å². The number of hydrogen-bond donors (Lipinski definition) is 2. The fraction of sp³-hybridized carbons (Fsp3) is 0.0476. The van der Waals surface area contributed by atoms with Gasteiger partial charge in [-0.1, -0.05) is 0 Å². The largest absolute Gasteiger partial charge is 0.340 e. The maximum absolute atomic E-state index is 13.0. The van der Waals surface area contributed by atoms with Crippen molar-refractivity contribution >= 4 is 23.1 Å². The second kappa shape index (κ2) is 7.89. The van der Waals surface area contributed by atoms with Crippen LogP contribution in [0.15, 0.2) is 73.3 Å². The van der Waals surface area contributed by atoms with Gasteiger partial charge in [0.05, 0.1) is 0 Å². The predicted molar refractivity (Wildman–Crippen MR) is 108 cm³/mol. The molecule has 2 aromatic heterocycles. The molecular formula is C21H17FN6O. The minimum absolute atomic E-state index is 0.304. The van der Waals surface area contributed by atoms with Crippen molar-refractivity contribution in [2.75, 3.05) is 10.6 Å². The van der Waals surface area contributed by atoms with Crippen LogP contribution in [0.25, 0.3) is 5.82 Å². The summed E-state index contributed by atoms with van der Waals surface area (Å²) in [6.45, 7) is 1.90. The monoisotopic (exact) mass is 388 g/mol. The van der Waals surface area contributed by atoms with E-state index < -0.39 is 0 Å². The first-order valence-corrected chi connectivity index (χ1v) is 8.85. The van der Waals surface area contributed by atoms with Gasteiger partial charge in [0, 0.05) is 35.4 Å². The standard InChI is InChI=1S/C21H17FN6O/c1-14-23-10-11-28(14)20-12-19(24-13-25-20)26-17-6-8-18(9-7-17)27-21(29)15-2-4-16(22)5-3-15/h2-13H,1H3,(H,27,29)(H,24,25,26). The van der Waals surface area contributed by atoms with Crippen molar-refractivity contribution in [1.29, 1.82) is 0 Å². The molecule has 0 spiro atoms. The Morgan fingerprint density at radius 3 is 2.38 bits per heavy atom. The van der Waals surface area contributed by atoms with Gasteiger partial charge in [0.2, 0.25) is 0 Å². The molecule has 2 N–H and O–H groups in total. The topological polar surface area (TPSA) is 84.7 Å². The van der Waals surface area contributed by atoms with E-state index in [4.69, 9.17) is 0 Å². The molecule has 0 saturated heterocycles. The minimum Gasteiger partial charge on any atom is -0.340 e. The lowest BCUT2D eigenvalue weighted by Crippen LogP contribution is -2.11. The van der Waals surface area contributed by atoms with E-state index in [2.05, 4.69) is 25.6 Å². The predicted octanol–water partition coefficient (Wildman–Crippen LogP) is 4.11. The molecule has 7 nitrogen and oxygen atoms in total. The normalized spacial score (nSPS) is 10.6. The molecule has 0 aliphatic heterocycles. The number of carbonyl (C=O) groups is 1. The number of aryl methyl sites for hydroxylation is 1. The highest BCUT2D eigenvalue weighted by molar-refractivity contribution is 6.04. The molecule has 4 rings (SSSR count). The SMILES string of the molecule is Cc1nccn1-c1cc(Nc2ccc(NC(=O)c3ccc(F)cc3)cc2)ncn1. The van der Waals surface area contributed by atoms with Gasteiger partial charge >= 0.3 is 0 Å². The molecule has 0 fully saturated rings. The lowest BCUT2D eigenvalue weighted by atomic mass is 10.2. The molecule has 0 saturated carbocycles. The summed E-state index contributed by atoms with van der Waals surface area (Å²) in [6, 6.07) is 14.4. The number of anilines is 3. The van der Waals surface area contributed by atoms with Crippen molar-refractivity contribution in [1.82, 2.24) is 19.5 Å². The number of amides is 1. The van der Waals surface area contributed by atoms with E-state index in [-0.39, 0.29) is 11.7 Å². The Bertz CT molecular complexity index is 1140. The summed E-state index contributed by atoms with van der Waals surface area (Å²) in [4.78, 5) is 24.9. The molecule has 4 aromatic rings. The van der Waals surface area contributed by atoms with Gasteiger partial charge in [-0.05, 0) is 55.5 Å². The molecular weight excluding hydrogens is 371 g/mol. The van der Waals surface area contributed by atoms with Gasteiger partial charge in [0.25, 0.3) is 5.91 Å². The second-order valence-corrected chi connectivity index (χ2v) is 6.27. The van der Waals surface area contributed by atoms with Crippen molar-refractivity contribution in [3.63, 3.8) is 0 Å². The van der Waals surface area contributed by atoms with Crippen molar-refractivity contribution in [3.05, 3.63) is 90.5 Å². The third-order valence-corrected chi connectivity index (χ3v) is 4.25. The quantitative estimate of drug-likeness (QED) is 0.538. The minimum atomic E-state index is -0.381. The van der Waals surface area contributed by atoms with Crippen molar-refractivity contribution in [2.45, 2.75) is 6.92 Å². The Kier molecular flexibility index (Phi) is 4.98. The zero-order valence-corrected chi connectivity index (χ0v) is 15.5. The number of imidazole rings is 1. The van der Waals surface area contributed by atoms with Crippen LogP contribution < -0.4 is 10.6 Å². The van der Waals surface area contributed by atoms with E-state index in [1.165, 1.54) is 30.6 Å². The van der Waals surface area contributed by atoms with Crippen LogP contribution in [0.4, 0.5) is 21.6 Å². The number of halogens is 1.